The van der Waals surface area contributed by atoms with Crippen molar-refractivity contribution in [2.45, 2.75) is 37.6 Å². The average Bonchev–Trinajstić information content (AvgIpc) is 2.38. The van der Waals surface area contributed by atoms with Gasteiger partial charge in [-0.1, -0.05) is 19.1 Å². The Kier molecular flexibility index (Phi) is 4.16. The molecule has 0 amide bonds. The van der Waals surface area contributed by atoms with Crippen LogP contribution in [0.25, 0.3) is 0 Å². The molecular weight excluding hydrogens is 260 g/mol. The van der Waals surface area contributed by atoms with Crippen LogP contribution in [0.15, 0.2) is 29.2 Å². The molecule has 0 aliphatic carbocycles. The average molecular weight is 282 g/mol. The van der Waals surface area contributed by atoms with Gasteiger partial charge < -0.3 is 5.32 Å². The molecule has 106 valence electrons. The second-order valence-corrected chi connectivity index (χ2v) is 7.20. The van der Waals surface area contributed by atoms with Crippen molar-refractivity contribution in [1.82, 2.24) is 4.31 Å². The predicted octanol–water partition coefficient (Wildman–Crippen LogP) is 2.54. The molecule has 0 aromatic heterocycles. The molecule has 19 heavy (non-hydrogen) atoms. The number of nitrogens with one attached hydrogen (secondary N) is 1. The highest BCUT2D eigenvalue weighted by Gasteiger charge is 2.34. The van der Waals surface area contributed by atoms with Gasteiger partial charge in [0.2, 0.25) is 10.0 Å². The van der Waals surface area contributed by atoms with E-state index in [1.165, 1.54) is 0 Å². The van der Waals surface area contributed by atoms with Crippen LogP contribution in [-0.4, -0.2) is 32.4 Å². The molecule has 2 rings (SSSR count). The minimum absolute atomic E-state index is 0.0682. The third-order valence-electron chi connectivity index (χ3n) is 3.82. The van der Waals surface area contributed by atoms with Crippen molar-refractivity contribution in [3.63, 3.8) is 0 Å². The van der Waals surface area contributed by atoms with Crippen LogP contribution >= 0.6 is 0 Å². The molecule has 1 aliphatic heterocycles. The maximum atomic E-state index is 12.8. The third kappa shape index (κ3) is 2.77. The van der Waals surface area contributed by atoms with E-state index in [1.807, 2.05) is 13.0 Å². The molecule has 0 spiro atoms. The molecule has 5 heteroatoms. The fraction of sp³-hybridized carbons (Fsp3) is 0.571. The highest BCUT2D eigenvalue weighted by atomic mass is 32.2. The molecule has 1 saturated heterocycles. The summed E-state index contributed by atoms with van der Waals surface area (Å²) in [4.78, 5) is 0.374. The Labute approximate surface area is 115 Å². The smallest absolute Gasteiger partial charge is 0.245 e. The first-order valence-electron chi connectivity index (χ1n) is 6.75. The number of hydrogen-bond donors (Lipinski definition) is 1. The van der Waals surface area contributed by atoms with Crippen LogP contribution < -0.4 is 5.32 Å². The quantitative estimate of drug-likeness (QED) is 0.927. The number of piperidine rings is 1. The second kappa shape index (κ2) is 5.51. The maximum absolute atomic E-state index is 12.8. The van der Waals surface area contributed by atoms with Gasteiger partial charge in [0.25, 0.3) is 0 Å². The zero-order chi connectivity index (χ0) is 14.0. The molecule has 0 saturated carbocycles. The van der Waals surface area contributed by atoms with Crippen molar-refractivity contribution in [3.05, 3.63) is 24.3 Å². The van der Waals surface area contributed by atoms with Crippen molar-refractivity contribution in [2.75, 3.05) is 18.9 Å². The lowest BCUT2D eigenvalue weighted by Gasteiger charge is -2.35. The lowest BCUT2D eigenvalue weighted by molar-refractivity contribution is 0.220. The van der Waals surface area contributed by atoms with Gasteiger partial charge in [-0.2, -0.15) is 4.31 Å². The monoisotopic (exact) mass is 282 g/mol. The largest absolute Gasteiger partial charge is 0.387 e. The maximum Gasteiger partial charge on any atom is 0.245 e. The van der Waals surface area contributed by atoms with E-state index < -0.39 is 10.0 Å². The normalized spacial score (nSPS) is 25.2. The fourth-order valence-corrected chi connectivity index (χ4v) is 4.62. The summed E-state index contributed by atoms with van der Waals surface area (Å²) < 4.78 is 27.2. The molecule has 2 unspecified atom stereocenters. The van der Waals surface area contributed by atoms with Crippen molar-refractivity contribution in [1.29, 1.82) is 0 Å². The van der Waals surface area contributed by atoms with Crippen molar-refractivity contribution < 1.29 is 8.42 Å². The summed E-state index contributed by atoms with van der Waals surface area (Å²) in [6.45, 7) is 4.79. The van der Waals surface area contributed by atoms with Crippen LogP contribution in [0.3, 0.4) is 0 Å². The number of rotatable bonds is 3. The minimum atomic E-state index is -3.41. The summed E-state index contributed by atoms with van der Waals surface area (Å²) >= 11 is 0. The number of sulfonamides is 1. The van der Waals surface area contributed by atoms with Crippen LogP contribution in [0.1, 0.15) is 26.7 Å². The van der Waals surface area contributed by atoms with E-state index >= 15 is 0 Å². The molecule has 1 N–H and O–H groups in total. The Morgan fingerprint density at radius 3 is 2.58 bits per heavy atom. The van der Waals surface area contributed by atoms with Crippen LogP contribution in [0.4, 0.5) is 5.69 Å². The molecule has 0 bridgehead atoms. The van der Waals surface area contributed by atoms with Gasteiger partial charge in [0.1, 0.15) is 4.90 Å². The van der Waals surface area contributed by atoms with Gasteiger partial charge in [-0.25, -0.2) is 8.42 Å². The van der Waals surface area contributed by atoms with Gasteiger partial charge in [-0.05, 0) is 37.8 Å². The molecule has 1 fully saturated rings. The Balaban J connectivity index is 2.37. The third-order valence-corrected chi connectivity index (χ3v) is 5.89. The van der Waals surface area contributed by atoms with Crippen molar-refractivity contribution in [3.8, 4) is 0 Å². The topological polar surface area (TPSA) is 49.4 Å². The van der Waals surface area contributed by atoms with Gasteiger partial charge in [0, 0.05) is 19.6 Å². The van der Waals surface area contributed by atoms with Gasteiger partial charge in [0.05, 0.1) is 5.69 Å². The van der Waals surface area contributed by atoms with E-state index in [-0.39, 0.29) is 6.04 Å². The number of para-hydroxylation sites is 1. The second-order valence-electron chi connectivity index (χ2n) is 5.34. The Morgan fingerprint density at radius 1 is 1.26 bits per heavy atom. The summed E-state index contributed by atoms with van der Waals surface area (Å²) in [6, 6.07) is 7.15. The number of anilines is 1. The van der Waals surface area contributed by atoms with Crippen LogP contribution in [0.2, 0.25) is 0 Å². The summed E-state index contributed by atoms with van der Waals surface area (Å²) in [6.07, 6.45) is 1.87. The Hall–Kier alpha value is -1.07. The molecule has 2 atom stereocenters. The fourth-order valence-electron chi connectivity index (χ4n) is 2.77. The van der Waals surface area contributed by atoms with Crippen molar-refractivity contribution in [2.24, 2.45) is 5.92 Å². The van der Waals surface area contributed by atoms with Crippen LogP contribution in [0, 0.1) is 5.92 Å². The molecule has 1 aromatic carbocycles. The van der Waals surface area contributed by atoms with Crippen LogP contribution in [0.5, 0.6) is 0 Å². The van der Waals surface area contributed by atoms with Crippen LogP contribution in [-0.2, 0) is 10.0 Å². The summed E-state index contributed by atoms with van der Waals surface area (Å²) in [5, 5.41) is 2.96. The first kappa shape index (κ1) is 14.3. The predicted molar refractivity (Wildman–Crippen MR) is 77.7 cm³/mol. The number of benzene rings is 1. The van der Waals surface area contributed by atoms with E-state index in [0.29, 0.717) is 23.0 Å². The number of hydrogen-bond acceptors (Lipinski definition) is 3. The lowest BCUT2D eigenvalue weighted by atomic mass is 9.95. The van der Waals surface area contributed by atoms with Gasteiger partial charge in [-0.3, -0.25) is 0 Å². The van der Waals surface area contributed by atoms with E-state index in [4.69, 9.17) is 0 Å². The highest BCUT2D eigenvalue weighted by molar-refractivity contribution is 7.89. The van der Waals surface area contributed by atoms with E-state index in [0.717, 1.165) is 12.8 Å². The van der Waals surface area contributed by atoms with Crippen molar-refractivity contribution >= 4 is 15.7 Å². The van der Waals surface area contributed by atoms with E-state index in [9.17, 15) is 8.42 Å². The SMILES string of the molecule is CNc1ccccc1S(=O)(=O)N1CCC(C)CC1C. The molecule has 4 nitrogen and oxygen atoms in total. The van der Waals surface area contributed by atoms with E-state index in [1.54, 1.807) is 29.6 Å². The van der Waals surface area contributed by atoms with E-state index in [2.05, 4.69) is 12.2 Å². The first-order chi connectivity index (χ1) is 8.96. The minimum Gasteiger partial charge on any atom is -0.387 e. The molecule has 1 aliphatic rings. The Morgan fingerprint density at radius 2 is 1.95 bits per heavy atom. The molecular formula is C14H22N2O2S. The number of nitrogens with zero attached hydrogens (tertiary/aromatic N) is 1. The standard InChI is InChI=1S/C14H22N2O2S/c1-11-8-9-16(12(2)10-11)19(17,18)14-7-5-4-6-13(14)15-3/h4-7,11-12,15H,8-10H2,1-3H3. The van der Waals surface area contributed by atoms with Gasteiger partial charge in [-0.15, -0.1) is 0 Å². The molecule has 1 heterocycles. The highest BCUT2D eigenvalue weighted by Crippen LogP contribution is 2.30. The summed E-state index contributed by atoms with van der Waals surface area (Å²) in [5.41, 5.74) is 0.660. The molecule has 0 radical (unpaired) electrons. The zero-order valence-corrected chi connectivity index (χ0v) is 12.6. The lowest BCUT2D eigenvalue weighted by Crippen LogP contribution is -2.44. The first-order valence-corrected chi connectivity index (χ1v) is 8.19. The molecule has 1 aromatic rings. The Bertz CT molecular complexity index is 542. The summed E-state index contributed by atoms with van der Waals surface area (Å²) in [5.74, 6) is 0.598. The van der Waals surface area contributed by atoms with Gasteiger partial charge >= 0.3 is 0 Å². The zero-order valence-electron chi connectivity index (χ0n) is 11.8. The summed E-state index contributed by atoms with van der Waals surface area (Å²) in [7, 11) is -1.66. The van der Waals surface area contributed by atoms with Gasteiger partial charge in [0.15, 0.2) is 0 Å².